The van der Waals surface area contributed by atoms with E-state index in [0.717, 1.165) is 28.8 Å². The Morgan fingerprint density at radius 1 is 1.21 bits per heavy atom. The maximum absolute atomic E-state index is 14.7. The van der Waals surface area contributed by atoms with Crippen molar-refractivity contribution in [2.24, 2.45) is 4.99 Å². The second-order valence-corrected chi connectivity index (χ2v) is 8.99. The SMILES string of the molecule is CN=C(NCCCN1CCCC1)NC(=O)c1cccc(F)c1CCc1cc(Br)ccc1OC. The summed E-state index contributed by atoms with van der Waals surface area (Å²) in [6.07, 6.45) is 4.41. The average Bonchev–Trinajstić information content (AvgIpc) is 3.33. The van der Waals surface area contributed by atoms with Gasteiger partial charge in [0, 0.05) is 29.2 Å². The molecule has 0 radical (unpaired) electrons. The van der Waals surface area contributed by atoms with Gasteiger partial charge in [0.15, 0.2) is 5.96 Å². The Labute approximate surface area is 203 Å². The second kappa shape index (κ2) is 12.7. The lowest BCUT2D eigenvalue weighted by Crippen LogP contribution is -2.42. The predicted octanol–water partition coefficient (Wildman–Crippen LogP) is 4.17. The van der Waals surface area contributed by atoms with Gasteiger partial charge in [-0.05, 0) is 87.6 Å². The number of benzene rings is 2. The van der Waals surface area contributed by atoms with Gasteiger partial charge in [-0.15, -0.1) is 0 Å². The van der Waals surface area contributed by atoms with Gasteiger partial charge in [0.2, 0.25) is 0 Å². The molecule has 2 aromatic rings. The van der Waals surface area contributed by atoms with Crippen LogP contribution in [-0.2, 0) is 12.8 Å². The van der Waals surface area contributed by atoms with Gasteiger partial charge >= 0.3 is 0 Å². The van der Waals surface area contributed by atoms with E-state index in [2.05, 4.69) is 36.5 Å². The lowest BCUT2D eigenvalue weighted by atomic mass is 9.98. The maximum atomic E-state index is 14.7. The molecule has 3 rings (SSSR count). The van der Waals surface area contributed by atoms with Gasteiger partial charge in [-0.25, -0.2) is 4.39 Å². The fourth-order valence-corrected chi connectivity index (χ4v) is 4.51. The molecule has 6 nitrogen and oxygen atoms in total. The first-order valence-corrected chi connectivity index (χ1v) is 12.1. The average molecular weight is 519 g/mol. The summed E-state index contributed by atoms with van der Waals surface area (Å²) in [4.78, 5) is 19.6. The molecule has 33 heavy (non-hydrogen) atoms. The van der Waals surface area contributed by atoms with Gasteiger partial charge < -0.3 is 15.0 Å². The molecule has 0 bridgehead atoms. The summed E-state index contributed by atoms with van der Waals surface area (Å²) < 4.78 is 21.1. The van der Waals surface area contributed by atoms with Crippen LogP contribution in [0.3, 0.4) is 0 Å². The summed E-state index contributed by atoms with van der Waals surface area (Å²) in [5.41, 5.74) is 1.63. The zero-order valence-corrected chi connectivity index (χ0v) is 20.9. The molecule has 1 fully saturated rings. The minimum atomic E-state index is -0.398. The van der Waals surface area contributed by atoms with Crippen molar-refractivity contribution in [3.8, 4) is 5.75 Å². The molecule has 1 aliphatic heterocycles. The lowest BCUT2D eigenvalue weighted by molar-refractivity contribution is 0.0974. The first-order valence-electron chi connectivity index (χ1n) is 11.4. The molecule has 2 N–H and O–H groups in total. The van der Waals surface area contributed by atoms with Crippen LogP contribution in [0.2, 0.25) is 0 Å². The Morgan fingerprint density at radius 3 is 2.73 bits per heavy atom. The number of likely N-dealkylation sites (tertiary alicyclic amines) is 1. The van der Waals surface area contributed by atoms with Crippen molar-refractivity contribution in [1.29, 1.82) is 0 Å². The summed E-state index contributed by atoms with van der Waals surface area (Å²) in [6, 6.07) is 10.3. The van der Waals surface area contributed by atoms with Crippen LogP contribution in [-0.4, -0.2) is 57.1 Å². The zero-order chi connectivity index (χ0) is 23.6. The van der Waals surface area contributed by atoms with E-state index in [1.54, 1.807) is 26.3 Å². The number of halogens is 2. The first kappa shape index (κ1) is 25.2. The number of carbonyl (C=O) groups is 1. The topological polar surface area (TPSA) is 66.0 Å². The summed E-state index contributed by atoms with van der Waals surface area (Å²) in [6.45, 7) is 4.08. The first-order chi connectivity index (χ1) is 16.0. The second-order valence-electron chi connectivity index (χ2n) is 8.08. The van der Waals surface area contributed by atoms with Crippen molar-refractivity contribution in [3.05, 3.63) is 63.4 Å². The molecule has 8 heteroatoms. The highest BCUT2D eigenvalue weighted by Gasteiger charge is 2.17. The number of methoxy groups -OCH3 is 1. The number of hydrogen-bond acceptors (Lipinski definition) is 4. The van der Waals surface area contributed by atoms with Crippen molar-refractivity contribution < 1.29 is 13.9 Å². The minimum Gasteiger partial charge on any atom is -0.496 e. The molecule has 1 saturated heterocycles. The molecule has 0 aliphatic carbocycles. The van der Waals surface area contributed by atoms with Gasteiger partial charge in [-0.3, -0.25) is 15.1 Å². The van der Waals surface area contributed by atoms with E-state index >= 15 is 0 Å². The van der Waals surface area contributed by atoms with E-state index in [1.165, 1.54) is 32.0 Å². The summed E-state index contributed by atoms with van der Waals surface area (Å²) in [5, 5.41) is 5.98. The number of guanidine groups is 1. The van der Waals surface area contributed by atoms with Crippen LogP contribution in [0.25, 0.3) is 0 Å². The summed E-state index contributed by atoms with van der Waals surface area (Å²) >= 11 is 3.47. The Balaban J connectivity index is 1.61. The van der Waals surface area contributed by atoms with E-state index in [9.17, 15) is 9.18 Å². The summed E-state index contributed by atoms with van der Waals surface area (Å²) in [7, 11) is 3.23. The van der Waals surface area contributed by atoms with Crippen LogP contribution >= 0.6 is 15.9 Å². The van der Waals surface area contributed by atoms with Gasteiger partial charge in [0.25, 0.3) is 5.91 Å². The van der Waals surface area contributed by atoms with E-state index in [0.29, 0.717) is 36.5 Å². The molecular formula is C25H32BrFN4O2. The number of carbonyl (C=O) groups excluding carboxylic acids is 1. The van der Waals surface area contributed by atoms with Crippen LogP contribution in [0.15, 0.2) is 45.9 Å². The molecule has 1 aliphatic rings. The third-order valence-electron chi connectivity index (χ3n) is 5.85. The summed E-state index contributed by atoms with van der Waals surface area (Å²) in [5.74, 6) is 0.355. The number of nitrogens with zero attached hydrogens (tertiary/aromatic N) is 2. The van der Waals surface area contributed by atoms with Gasteiger partial charge in [-0.1, -0.05) is 22.0 Å². The van der Waals surface area contributed by atoms with Gasteiger partial charge in [-0.2, -0.15) is 0 Å². The third kappa shape index (κ3) is 7.27. The molecule has 0 unspecified atom stereocenters. The van der Waals surface area contributed by atoms with Crippen LogP contribution < -0.4 is 15.4 Å². The van der Waals surface area contributed by atoms with Crippen LogP contribution in [0.4, 0.5) is 4.39 Å². The quantitative estimate of drug-likeness (QED) is 0.297. The number of hydrogen-bond donors (Lipinski definition) is 2. The maximum Gasteiger partial charge on any atom is 0.258 e. The normalized spacial score (nSPS) is 14.4. The van der Waals surface area contributed by atoms with E-state index in [4.69, 9.17) is 4.74 Å². The van der Waals surface area contributed by atoms with Crippen molar-refractivity contribution >= 4 is 27.8 Å². The minimum absolute atomic E-state index is 0.309. The highest BCUT2D eigenvalue weighted by Crippen LogP contribution is 2.25. The highest BCUT2D eigenvalue weighted by molar-refractivity contribution is 9.10. The Morgan fingerprint density at radius 2 is 2.00 bits per heavy atom. The van der Waals surface area contributed by atoms with E-state index in [-0.39, 0.29) is 5.91 Å². The Kier molecular flexibility index (Phi) is 9.69. The van der Waals surface area contributed by atoms with E-state index < -0.39 is 5.82 Å². The number of ether oxygens (including phenoxy) is 1. The zero-order valence-electron chi connectivity index (χ0n) is 19.3. The Bertz CT molecular complexity index is 977. The van der Waals surface area contributed by atoms with Crippen LogP contribution in [0, 0.1) is 5.82 Å². The van der Waals surface area contributed by atoms with Crippen LogP contribution in [0.5, 0.6) is 5.75 Å². The Hall–Kier alpha value is -2.45. The molecular weight excluding hydrogens is 487 g/mol. The van der Waals surface area contributed by atoms with Gasteiger partial charge in [0.1, 0.15) is 11.6 Å². The number of aryl methyl sites for hydroxylation is 1. The van der Waals surface area contributed by atoms with Crippen molar-refractivity contribution in [2.75, 3.05) is 40.3 Å². The van der Waals surface area contributed by atoms with Crippen molar-refractivity contribution in [3.63, 3.8) is 0 Å². The van der Waals surface area contributed by atoms with Crippen molar-refractivity contribution in [1.82, 2.24) is 15.5 Å². The number of amides is 1. The van der Waals surface area contributed by atoms with Crippen LogP contribution in [0.1, 0.15) is 40.7 Å². The molecule has 0 saturated carbocycles. The third-order valence-corrected chi connectivity index (χ3v) is 6.34. The molecule has 1 amide bonds. The molecule has 178 valence electrons. The van der Waals surface area contributed by atoms with E-state index in [1.807, 2.05) is 18.2 Å². The number of aliphatic imine (C=N–C) groups is 1. The fourth-order valence-electron chi connectivity index (χ4n) is 4.10. The smallest absolute Gasteiger partial charge is 0.258 e. The molecule has 2 aromatic carbocycles. The number of nitrogens with one attached hydrogen (secondary N) is 2. The standard InChI is InChI=1S/C25H32BrFN4O2/c1-28-25(29-13-6-16-31-14-3-4-15-31)30-24(32)21-7-5-8-22(27)20(21)11-9-18-17-19(26)10-12-23(18)33-2/h5,7-8,10,12,17H,3-4,6,9,11,13-16H2,1-2H3,(H2,28,29,30,32). The molecule has 0 aromatic heterocycles. The number of rotatable bonds is 9. The monoisotopic (exact) mass is 518 g/mol. The largest absolute Gasteiger partial charge is 0.496 e. The molecule has 1 heterocycles. The highest BCUT2D eigenvalue weighted by atomic mass is 79.9. The van der Waals surface area contributed by atoms with Gasteiger partial charge in [0.05, 0.1) is 7.11 Å². The molecule has 0 atom stereocenters. The molecule has 0 spiro atoms. The van der Waals surface area contributed by atoms with Crippen molar-refractivity contribution in [2.45, 2.75) is 32.1 Å². The predicted molar refractivity (Wildman–Crippen MR) is 134 cm³/mol. The lowest BCUT2D eigenvalue weighted by Gasteiger charge is -2.16. The fraction of sp³-hybridized carbons (Fsp3) is 0.440.